The summed E-state index contributed by atoms with van der Waals surface area (Å²) in [6, 6.07) is -1.24. The van der Waals surface area contributed by atoms with Crippen molar-refractivity contribution in [2.24, 2.45) is 0 Å². The van der Waals surface area contributed by atoms with Crippen LogP contribution in [0.25, 0.3) is 0 Å². The van der Waals surface area contributed by atoms with Crippen LogP contribution >= 0.6 is 0 Å². The van der Waals surface area contributed by atoms with Crippen molar-refractivity contribution in [1.82, 2.24) is 20.9 Å². The van der Waals surface area contributed by atoms with Crippen LogP contribution in [0.5, 0.6) is 0 Å². The van der Waals surface area contributed by atoms with E-state index in [-0.39, 0.29) is 31.3 Å². The molecule has 0 aromatic carbocycles. The fraction of sp³-hybridized carbons (Fsp3) is 0.750. The van der Waals surface area contributed by atoms with E-state index in [1.165, 1.54) is 52.0 Å². The molecule has 8 heteroatoms. The monoisotopic (exact) mass is 450 g/mol. The third-order valence-corrected chi connectivity index (χ3v) is 5.57. The van der Waals surface area contributed by atoms with Gasteiger partial charge in [-0.25, -0.2) is 4.79 Å². The predicted octanol–water partition coefficient (Wildman–Crippen LogP) is 3.42. The van der Waals surface area contributed by atoms with Gasteiger partial charge in [0.2, 0.25) is 11.8 Å². The third-order valence-electron chi connectivity index (χ3n) is 5.57. The van der Waals surface area contributed by atoms with Crippen molar-refractivity contribution < 1.29 is 19.2 Å². The lowest BCUT2D eigenvalue weighted by molar-refractivity contribution is -0.134. The minimum atomic E-state index is -0.762. The van der Waals surface area contributed by atoms with Gasteiger partial charge in [-0.05, 0) is 32.1 Å². The van der Waals surface area contributed by atoms with Crippen molar-refractivity contribution in [3.8, 4) is 0 Å². The fourth-order valence-electron chi connectivity index (χ4n) is 3.51. The largest absolute Gasteiger partial charge is 0.356 e. The number of imide groups is 1. The summed E-state index contributed by atoms with van der Waals surface area (Å²) in [6.07, 6.45) is 18.2. The van der Waals surface area contributed by atoms with Crippen LogP contribution in [0.15, 0.2) is 12.2 Å². The zero-order valence-corrected chi connectivity index (χ0v) is 19.9. The summed E-state index contributed by atoms with van der Waals surface area (Å²) in [5, 5.41) is 7.86. The smallest absolute Gasteiger partial charge is 0.323 e. The van der Waals surface area contributed by atoms with Gasteiger partial charge in [0.1, 0.15) is 6.04 Å². The molecule has 5 amide bonds. The molecule has 3 N–H and O–H groups in total. The van der Waals surface area contributed by atoms with Crippen molar-refractivity contribution >= 4 is 23.8 Å². The Labute approximate surface area is 192 Å². The number of allylic oxidation sites excluding steroid dienone is 2. The first-order valence-corrected chi connectivity index (χ1v) is 12.2. The van der Waals surface area contributed by atoms with Crippen molar-refractivity contribution in [2.75, 3.05) is 20.1 Å². The number of amides is 5. The second kappa shape index (κ2) is 17.2. The molecular formula is C24H42N4O4. The Bertz CT molecular complexity index is 621. The Balaban J connectivity index is 1.95. The lowest BCUT2D eigenvalue weighted by Crippen LogP contribution is -2.61. The average Bonchev–Trinajstić information content (AvgIpc) is 2.77. The highest BCUT2D eigenvalue weighted by Gasteiger charge is 2.32. The van der Waals surface area contributed by atoms with Crippen molar-refractivity contribution in [1.29, 1.82) is 0 Å². The highest BCUT2D eigenvalue weighted by atomic mass is 16.2. The summed E-state index contributed by atoms with van der Waals surface area (Å²) >= 11 is 0. The zero-order valence-electron chi connectivity index (χ0n) is 19.9. The first kappa shape index (κ1) is 27.7. The van der Waals surface area contributed by atoms with Gasteiger partial charge in [-0.3, -0.25) is 19.3 Å². The molecule has 182 valence electrons. The van der Waals surface area contributed by atoms with E-state index in [2.05, 4.69) is 35.0 Å². The molecule has 1 aliphatic rings. The Kier molecular flexibility index (Phi) is 14.9. The van der Waals surface area contributed by atoms with E-state index in [1.54, 1.807) is 0 Å². The molecular weight excluding hydrogens is 408 g/mol. The number of unbranched alkanes of at least 4 members (excludes halogenated alkanes) is 9. The summed E-state index contributed by atoms with van der Waals surface area (Å²) in [5.74, 6) is -0.822. The fourth-order valence-corrected chi connectivity index (χ4v) is 3.51. The lowest BCUT2D eigenvalue weighted by atomic mass is 10.1. The summed E-state index contributed by atoms with van der Waals surface area (Å²) in [4.78, 5) is 48.1. The first-order valence-electron chi connectivity index (χ1n) is 12.2. The Morgan fingerprint density at radius 2 is 1.56 bits per heavy atom. The number of rotatable bonds is 17. The topological polar surface area (TPSA) is 108 Å². The van der Waals surface area contributed by atoms with E-state index >= 15 is 0 Å². The summed E-state index contributed by atoms with van der Waals surface area (Å²) in [6.45, 7) is 2.55. The van der Waals surface area contributed by atoms with Crippen LogP contribution in [0, 0.1) is 0 Å². The van der Waals surface area contributed by atoms with Crippen LogP contribution in [0.3, 0.4) is 0 Å². The molecule has 0 saturated carbocycles. The molecule has 0 aromatic heterocycles. The third kappa shape index (κ3) is 12.5. The van der Waals surface area contributed by atoms with Gasteiger partial charge in [-0.2, -0.15) is 0 Å². The Morgan fingerprint density at radius 1 is 0.938 bits per heavy atom. The van der Waals surface area contributed by atoms with E-state index in [0.717, 1.165) is 30.6 Å². The number of hydrogen-bond acceptors (Lipinski definition) is 4. The molecule has 0 bridgehead atoms. The number of nitrogens with zero attached hydrogens (tertiary/aromatic N) is 1. The van der Waals surface area contributed by atoms with E-state index in [4.69, 9.17) is 0 Å². The van der Waals surface area contributed by atoms with Crippen LogP contribution in [0.2, 0.25) is 0 Å². The van der Waals surface area contributed by atoms with Crippen LogP contribution in [0.1, 0.15) is 90.4 Å². The van der Waals surface area contributed by atoms with Gasteiger partial charge < -0.3 is 16.0 Å². The molecule has 1 unspecified atom stereocenters. The summed E-state index contributed by atoms with van der Waals surface area (Å²) < 4.78 is 0. The molecule has 1 aliphatic heterocycles. The maximum atomic E-state index is 12.0. The minimum Gasteiger partial charge on any atom is -0.356 e. The first-order chi connectivity index (χ1) is 15.5. The number of carbonyl (C=O) groups is 4. The van der Waals surface area contributed by atoms with Gasteiger partial charge in [0.15, 0.2) is 0 Å². The highest BCUT2D eigenvalue weighted by Crippen LogP contribution is 2.09. The maximum absolute atomic E-state index is 12.0. The molecule has 8 nitrogen and oxygen atoms in total. The molecule has 0 radical (unpaired) electrons. The number of likely N-dealkylation sites (N-methyl/N-ethyl adjacent to an activating group) is 1. The zero-order chi connectivity index (χ0) is 23.6. The molecule has 1 fully saturated rings. The number of hydrogen-bond donors (Lipinski definition) is 3. The molecule has 32 heavy (non-hydrogen) atoms. The van der Waals surface area contributed by atoms with Crippen LogP contribution in [-0.2, 0) is 14.4 Å². The highest BCUT2D eigenvalue weighted by molar-refractivity contribution is 6.01. The number of urea groups is 1. The molecule has 1 atom stereocenters. The molecule has 1 heterocycles. The number of carbonyl (C=O) groups excluding carboxylic acids is 4. The van der Waals surface area contributed by atoms with Gasteiger partial charge in [-0.1, -0.05) is 57.6 Å². The minimum absolute atomic E-state index is 0.0513. The molecule has 0 spiro atoms. The van der Waals surface area contributed by atoms with Crippen LogP contribution < -0.4 is 16.0 Å². The standard InChI is InChI=1S/C24H42N4O4/c1-3-4-5-6-7-8-9-10-11-12-13-14-15-16-21(29)25-18-17-22(30)27-20-19-26-24(32)28(2)23(20)31/h8-9,20H,3-7,10-19H2,1-2H3,(H,25,29)(H,26,32)(H,27,30). The van der Waals surface area contributed by atoms with E-state index in [1.807, 2.05) is 0 Å². The summed E-state index contributed by atoms with van der Waals surface area (Å²) in [7, 11) is 1.36. The second-order valence-electron chi connectivity index (χ2n) is 8.43. The van der Waals surface area contributed by atoms with E-state index in [0.29, 0.717) is 6.42 Å². The predicted molar refractivity (Wildman–Crippen MR) is 126 cm³/mol. The Hall–Kier alpha value is -2.38. The molecule has 1 saturated heterocycles. The lowest BCUT2D eigenvalue weighted by Gasteiger charge is -2.29. The average molecular weight is 451 g/mol. The summed E-state index contributed by atoms with van der Waals surface area (Å²) in [5.41, 5.74) is 0. The SMILES string of the molecule is CCCCCCC=CCCCCCCCC(=O)NCCC(=O)NC1CNC(=O)N(C)C1=O. The molecule has 1 rings (SSSR count). The quantitative estimate of drug-likeness (QED) is 0.233. The van der Waals surface area contributed by atoms with Crippen LogP contribution in [-0.4, -0.2) is 54.8 Å². The van der Waals surface area contributed by atoms with Gasteiger partial charge in [0, 0.05) is 33.0 Å². The second-order valence-corrected chi connectivity index (χ2v) is 8.43. The van der Waals surface area contributed by atoms with Gasteiger partial charge in [0.25, 0.3) is 5.91 Å². The Morgan fingerprint density at radius 3 is 2.25 bits per heavy atom. The van der Waals surface area contributed by atoms with E-state index in [9.17, 15) is 19.2 Å². The van der Waals surface area contributed by atoms with Crippen molar-refractivity contribution in [3.05, 3.63) is 12.2 Å². The van der Waals surface area contributed by atoms with Crippen LogP contribution in [0.4, 0.5) is 4.79 Å². The number of nitrogens with one attached hydrogen (secondary N) is 3. The van der Waals surface area contributed by atoms with Gasteiger partial charge in [0.05, 0.1) is 0 Å². The normalized spacial score (nSPS) is 16.3. The van der Waals surface area contributed by atoms with Gasteiger partial charge in [-0.15, -0.1) is 0 Å². The maximum Gasteiger partial charge on any atom is 0.323 e. The van der Waals surface area contributed by atoms with Gasteiger partial charge >= 0.3 is 6.03 Å². The van der Waals surface area contributed by atoms with E-state index < -0.39 is 18.0 Å². The van der Waals surface area contributed by atoms with Crippen molar-refractivity contribution in [2.45, 2.75) is 96.4 Å². The molecule has 0 aliphatic carbocycles. The molecule has 0 aromatic rings. The van der Waals surface area contributed by atoms with Crippen molar-refractivity contribution in [3.63, 3.8) is 0 Å².